The SMILES string of the molecule is CCOc1ccc(S(=O)(=O)O)c2cccnc12.[NaH]. The predicted molar refractivity (Wildman–Crippen MR) is 69.9 cm³/mol. The van der Waals surface area contributed by atoms with E-state index in [2.05, 4.69) is 4.98 Å². The van der Waals surface area contributed by atoms with Gasteiger partial charge in [0.05, 0.1) is 6.61 Å². The number of aromatic nitrogens is 1. The standard InChI is InChI=1S/C11H11NO4S.Na.H/c1-2-16-9-5-6-10(17(13,14)15)8-4-3-7-12-11(8)9;;/h3-7H,2H2,1H3,(H,13,14,15);;. The van der Waals surface area contributed by atoms with Crippen LogP contribution in [-0.4, -0.2) is 54.1 Å². The zero-order chi connectivity index (χ0) is 12.5. The molecule has 0 aliphatic heterocycles. The molecule has 0 aliphatic carbocycles. The maximum absolute atomic E-state index is 11.2. The normalized spacial score (nSPS) is 11.0. The van der Waals surface area contributed by atoms with Gasteiger partial charge in [0.25, 0.3) is 10.1 Å². The Bertz CT molecular complexity index is 657. The molecule has 2 rings (SSSR count). The quantitative estimate of drug-likeness (QED) is 0.674. The minimum atomic E-state index is -4.26. The van der Waals surface area contributed by atoms with Gasteiger partial charge in [0, 0.05) is 11.6 Å². The van der Waals surface area contributed by atoms with Gasteiger partial charge in [-0.05, 0) is 31.2 Å². The van der Waals surface area contributed by atoms with Gasteiger partial charge in [0.2, 0.25) is 0 Å². The first-order valence-electron chi connectivity index (χ1n) is 5.02. The summed E-state index contributed by atoms with van der Waals surface area (Å²) in [5.41, 5.74) is 0.421. The van der Waals surface area contributed by atoms with E-state index in [1.165, 1.54) is 12.1 Å². The van der Waals surface area contributed by atoms with Crippen molar-refractivity contribution in [3.8, 4) is 5.75 Å². The second-order valence-electron chi connectivity index (χ2n) is 3.37. The van der Waals surface area contributed by atoms with Gasteiger partial charge in [-0.15, -0.1) is 0 Å². The van der Waals surface area contributed by atoms with Crippen LogP contribution in [0.15, 0.2) is 35.4 Å². The van der Waals surface area contributed by atoms with Crippen LogP contribution in [0.25, 0.3) is 10.9 Å². The Morgan fingerprint density at radius 1 is 1.33 bits per heavy atom. The van der Waals surface area contributed by atoms with E-state index in [1.54, 1.807) is 18.3 Å². The summed E-state index contributed by atoms with van der Waals surface area (Å²) in [4.78, 5) is 3.91. The third kappa shape index (κ3) is 3.02. The van der Waals surface area contributed by atoms with Gasteiger partial charge in [0.1, 0.15) is 16.2 Å². The zero-order valence-corrected chi connectivity index (χ0v) is 9.94. The van der Waals surface area contributed by atoms with Crippen LogP contribution in [-0.2, 0) is 10.1 Å². The molecule has 0 saturated heterocycles. The van der Waals surface area contributed by atoms with E-state index in [1.807, 2.05) is 6.92 Å². The summed E-state index contributed by atoms with van der Waals surface area (Å²) in [7, 11) is -4.26. The Morgan fingerprint density at radius 3 is 2.67 bits per heavy atom. The van der Waals surface area contributed by atoms with Crippen LogP contribution >= 0.6 is 0 Å². The van der Waals surface area contributed by atoms with Crippen molar-refractivity contribution in [2.45, 2.75) is 11.8 Å². The molecule has 92 valence electrons. The molecule has 0 radical (unpaired) electrons. The van der Waals surface area contributed by atoms with Crippen LogP contribution < -0.4 is 4.74 Å². The Balaban J connectivity index is 0.00000162. The fourth-order valence-corrected chi connectivity index (χ4v) is 2.30. The molecular weight excluding hydrogens is 265 g/mol. The van der Waals surface area contributed by atoms with Gasteiger partial charge >= 0.3 is 29.6 Å². The Morgan fingerprint density at radius 2 is 2.06 bits per heavy atom. The summed E-state index contributed by atoms with van der Waals surface area (Å²) in [5.74, 6) is 0.496. The van der Waals surface area contributed by atoms with Gasteiger partial charge in [-0.2, -0.15) is 8.42 Å². The van der Waals surface area contributed by atoms with Crippen LogP contribution in [0.4, 0.5) is 0 Å². The Labute approximate surface area is 127 Å². The molecule has 0 saturated carbocycles. The predicted octanol–water partition coefficient (Wildman–Crippen LogP) is 1.23. The van der Waals surface area contributed by atoms with Gasteiger partial charge < -0.3 is 4.74 Å². The molecule has 18 heavy (non-hydrogen) atoms. The first kappa shape index (κ1) is 15.4. The van der Waals surface area contributed by atoms with Gasteiger partial charge in [-0.1, -0.05) is 0 Å². The van der Waals surface area contributed by atoms with Crippen molar-refractivity contribution in [1.82, 2.24) is 4.98 Å². The van der Waals surface area contributed by atoms with Crippen LogP contribution in [0, 0.1) is 0 Å². The van der Waals surface area contributed by atoms with Crippen molar-refractivity contribution in [2.24, 2.45) is 0 Å². The minimum absolute atomic E-state index is 0. The summed E-state index contributed by atoms with van der Waals surface area (Å²) < 4.78 is 36.9. The van der Waals surface area contributed by atoms with E-state index >= 15 is 0 Å². The van der Waals surface area contributed by atoms with Gasteiger partial charge in [-0.3, -0.25) is 9.54 Å². The molecule has 0 amide bonds. The van der Waals surface area contributed by atoms with Crippen molar-refractivity contribution in [2.75, 3.05) is 6.61 Å². The molecule has 0 bridgehead atoms. The van der Waals surface area contributed by atoms with Crippen molar-refractivity contribution < 1.29 is 17.7 Å². The average molecular weight is 277 g/mol. The summed E-state index contributed by atoms with van der Waals surface area (Å²) >= 11 is 0. The Hall–Kier alpha value is -0.660. The first-order chi connectivity index (χ1) is 8.04. The van der Waals surface area contributed by atoms with Crippen molar-refractivity contribution in [1.29, 1.82) is 0 Å². The molecule has 2 aromatic rings. The molecule has 0 fully saturated rings. The topological polar surface area (TPSA) is 76.5 Å². The third-order valence-electron chi connectivity index (χ3n) is 2.27. The van der Waals surface area contributed by atoms with Crippen LogP contribution in [0.5, 0.6) is 5.75 Å². The number of pyridine rings is 1. The number of fused-ring (bicyclic) bond motifs is 1. The van der Waals surface area contributed by atoms with E-state index < -0.39 is 10.1 Å². The molecule has 0 aliphatic rings. The molecule has 1 heterocycles. The van der Waals surface area contributed by atoms with Crippen molar-refractivity contribution in [3.05, 3.63) is 30.5 Å². The first-order valence-corrected chi connectivity index (χ1v) is 6.46. The molecule has 7 heteroatoms. The van der Waals surface area contributed by atoms with Gasteiger partial charge in [0.15, 0.2) is 0 Å². The maximum atomic E-state index is 11.2. The number of rotatable bonds is 3. The van der Waals surface area contributed by atoms with Gasteiger partial charge in [-0.25, -0.2) is 0 Å². The van der Waals surface area contributed by atoms with Crippen LogP contribution in [0.1, 0.15) is 6.92 Å². The fraction of sp³-hybridized carbons (Fsp3) is 0.182. The van der Waals surface area contributed by atoms with Crippen LogP contribution in [0.2, 0.25) is 0 Å². The second kappa shape index (κ2) is 5.99. The van der Waals surface area contributed by atoms with E-state index in [0.29, 0.717) is 23.3 Å². The van der Waals surface area contributed by atoms with E-state index in [0.717, 1.165) is 0 Å². The third-order valence-corrected chi connectivity index (χ3v) is 3.18. The van der Waals surface area contributed by atoms with Crippen LogP contribution in [0.3, 0.4) is 0 Å². The van der Waals surface area contributed by atoms with E-state index in [9.17, 15) is 8.42 Å². The monoisotopic (exact) mass is 277 g/mol. The summed E-state index contributed by atoms with van der Waals surface area (Å²) in [6.45, 7) is 2.28. The molecule has 0 unspecified atom stereocenters. The zero-order valence-electron chi connectivity index (χ0n) is 9.12. The molecule has 1 N–H and O–H groups in total. The number of benzene rings is 1. The van der Waals surface area contributed by atoms with E-state index in [4.69, 9.17) is 9.29 Å². The molecule has 0 atom stereocenters. The molecule has 0 spiro atoms. The number of nitrogens with zero attached hydrogens (tertiary/aromatic N) is 1. The van der Waals surface area contributed by atoms with E-state index in [-0.39, 0.29) is 34.5 Å². The average Bonchev–Trinajstić information content (AvgIpc) is 2.28. The number of ether oxygens (including phenoxy) is 1. The number of hydrogen-bond donors (Lipinski definition) is 1. The van der Waals surface area contributed by atoms with Crippen molar-refractivity contribution in [3.63, 3.8) is 0 Å². The van der Waals surface area contributed by atoms with Crippen molar-refractivity contribution >= 4 is 50.6 Å². The molecular formula is C11H12NNaO4S. The summed E-state index contributed by atoms with van der Waals surface area (Å²) in [6, 6.07) is 5.98. The summed E-state index contributed by atoms with van der Waals surface area (Å²) in [5, 5.41) is 0.348. The fourth-order valence-electron chi connectivity index (χ4n) is 1.62. The number of hydrogen-bond acceptors (Lipinski definition) is 4. The molecule has 1 aromatic carbocycles. The second-order valence-corrected chi connectivity index (χ2v) is 4.76. The summed E-state index contributed by atoms with van der Waals surface area (Å²) in [6.07, 6.45) is 1.54. The molecule has 5 nitrogen and oxygen atoms in total. The Kier molecular flexibility index (Phi) is 5.12. The molecule has 1 aromatic heterocycles.